The largest absolute Gasteiger partial charge is 0.496 e. The molecule has 0 radical (unpaired) electrons. The van der Waals surface area contributed by atoms with Gasteiger partial charge in [0.15, 0.2) is 0 Å². The minimum atomic E-state index is 0.640. The molecule has 112 valence electrons. The molecule has 0 aliphatic carbocycles. The van der Waals surface area contributed by atoms with Crippen molar-refractivity contribution in [3.8, 4) is 11.5 Å². The molecule has 0 atom stereocenters. The Labute approximate surface area is 133 Å². The summed E-state index contributed by atoms with van der Waals surface area (Å²) in [5.41, 5.74) is 4.09. The molecule has 0 aliphatic rings. The quantitative estimate of drug-likeness (QED) is 0.881. The molecule has 21 heavy (non-hydrogen) atoms. The summed E-state index contributed by atoms with van der Waals surface area (Å²) in [7, 11) is 3.34. The summed E-state index contributed by atoms with van der Waals surface area (Å²) in [5, 5.41) is 3.36. The Kier molecular flexibility index (Phi) is 5.07. The zero-order valence-electron chi connectivity index (χ0n) is 12.7. The maximum Gasteiger partial charge on any atom is 0.133 e. The fourth-order valence-corrected chi connectivity index (χ4v) is 2.75. The first-order valence-electron chi connectivity index (χ1n) is 6.63. The SMILES string of the molecule is COc1ccc(NCc2ncc(C)c(OC)c2C)cc1Br. The van der Waals surface area contributed by atoms with Gasteiger partial charge in [-0.3, -0.25) is 4.98 Å². The second kappa shape index (κ2) is 6.80. The number of anilines is 1. The highest BCUT2D eigenvalue weighted by molar-refractivity contribution is 9.10. The van der Waals surface area contributed by atoms with Gasteiger partial charge in [-0.05, 0) is 48.0 Å². The summed E-state index contributed by atoms with van der Waals surface area (Å²) >= 11 is 3.48. The van der Waals surface area contributed by atoms with Gasteiger partial charge in [0.25, 0.3) is 0 Å². The number of nitrogens with one attached hydrogen (secondary N) is 1. The molecule has 0 bridgehead atoms. The van der Waals surface area contributed by atoms with Crippen LogP contribution in [0.4, 0.5) is 5.69 Å². The van der Waals surface area contributed by atoms with Crippen molar-refractivity contribution < 1.29 is 9.47 Å². The Morgan fingerprint density at radius 2 is 1.95 bits per heavy atom. The number of aryl methyl sites for hydroxylation is 1. The highest BCUT2D eigenvalue weighted by atomic mass is 79.9. The van der Waals surface area contributed by atoms with E-state index in [-0.39, 0.29) is 0 Å². The van der Waals surface area contributed by atoms with E-state index < -0.39 is 0 Å². The van der Waals surface area contributed by atoms with Crippen molar-refractivity contribution >= 4 is 21.6 Å². The monoisotopic (exact) mass is 350 g/mol. The van der Waals surface area contributed by atoms with E-state index in [4.69, 9.17) is 9.47 Å². The summed E-state index contributed by atoms with van der Waals surface area (Å²) in [6.07, 6.45) is 1.84. The van der Waals surface area contributed by atoms with Crippen LogP contribution in [-0.2, 0) is 6.54 Å². The van der Waals surface area contributed by atoms with E-state index in [1.807, 2.05) is 38.2 Å². The van der Waals surface area contributed by atoms with E-state index in [2.05, 4.69) is 26.2 Å². The average molecular weight is 351 g/mol. The molecule has 4 nitrogen and oxygen atoms in total. The molecule has 1 aromatic heterocycles. The first-order chi connectivity index (χ1) is 10.1. The fourth-order valence-electron chi connectivity index (χ4n) is 2.21. The molecule has 0 fully saturated rings. The minimum Gasteiger partial charge on any atom is -0.496 e. The second-order valence-electron chi connectivity index (χ2n) is 4.75. The molecule has 2 aromatic rings. The number of hydrogen-bond acceptors (Lipinski definition) is 4. The van der Waals surface area contributed by atoms with Crippen LogP contribution in [0.25, 0.3) is 0 Å². The van der Waals surface area contributed by atoms with Crippen LogP contribution < -0.4 is 14.8 Å². The average Bonchev–Trinajstić information content (AvgIpc) is 2.47. The van der Waals surface area contributed by atoms with E-state index >= 15 is 0 Å². The molecule has 5 heteroatoms. The molecule has 2 rings (SSSR count). The van der Waals surface area contributed by atoms with Crippen molar-refractivity contribution in [3.05, 3.63) is 45.7 Å². The Hall–Kier alpha value is -1.75. The minimum absolute atomic E-state index is 0.640. The van der Waals surface area contributed by atoms with Gasteiger partial charge >= 0.3 is 0 Å². The zero-order valence-corrected chi connectivity index (χ0v) is 14.2. The number of pyridine rings is 1. The maximum absolute atomic E-state index is 5.43. The first-order valence-corrected chi connectivity index (χ1v) is 7.42. The van der Waals surface area contributed by atoms with E-state index in [0.717, 1.165) is 38.5 Å². The van der Waals surface area contributed by atoms with Gasteiger partial charge in [-0.1, -0.05) is 0 Å². The van der Waals surface area contributed by atoms with E-state index in [9.17, 15) is 0 Å². The number of halogens is 1. The van der Waals surface area contributed by atoms with Crippen LogP contribution in [-0.4, -0.2) is 19.2 Å². The van der Waals surface area contributed by atoms with Gasteiger partial charge in [-0.2, -0.15) is 0 Å². The third-order valence-electron chi connectivity index (χ3n) is 3.36. The van der Waals surface area contributed by atoms with Crippen LogP contribution in [0.15, 0.2) is 28.9 Å². The number of aromatic nitrogens is 1. The van der Waals surface area contributed by atoms with Gasteiger partial charge in [-0.25, -0.2) is 0 Å². The van der Waals surface area contributed by atoms with Crippen LogP contribution in [0.5, 0.6) is 11.5 Å². The molecule has 1 heterocycles. The van der Waals surface area contributed by atoms with Gasteiger partial charge in [0, 0.05) is 23.0 Å². The number of ether oxygens (including phenoxy) is 2. The molecule has 0 amide bonds. The number of rotatable bonds is 5. The molecule has 0 unspecified atom stereocenters. The molecule has 0 saturated heterocycles. The van der Waals surface area contributed by atoms with Gasteiger partial charge < -0.3 is 14.8 Å². The topological polar surface area (TPSA) is 43.4 Å². The lowest BCUT2D eigenvalue weighted by molar-refractivity contribution is 0.407. The number of benzene rings is 1. The lowest BCUT2D eigenvalue weighted by Crippen LogP contribution is -2.06. The standard InChI is InChI=1S/C16H19BrN2O2/c1-10-8-19-14(11(2)16(10)21-4)9-18-12-5-6-15(20-3)13(17)7-12/h5-8,18H,9H2,1-4H3. The molecule has 1 N–H and O–H groups in total. The lowest BCUT2D eigenvalue weighted by Gasteiger charge is -2.14. The summed E-state index contributed by atoms with van der Waals surface area (Å²) in [6.45, 7) is 4.66. The highest BCUT2D eigenvalue weighted by Gasteiger charge is 2.09. The normalized spacial score (nSPS) is 10.3. The van der Waals surface area contributed by atoms with Gasteiger partial charge in [0.2, 0.25) is 0 Å². The van der Waals surface area contributed by atoms with E-state index in [1.54, 1.807) is 14.2 Å². The summed E-state index contributed by atoms with van der Waals surface area (Å²) in [5.74, 6) is 1.71. The predicted molar refractivity (Wildman–Crippen MR) is 88.3 cm³/mol. The molecular formula is C16H19BrN2O2. The Balaban J connectivity index is 2.15. The van der Waals surface area contributed by atoms with Crippen molar-refractivity contribution in [3.63, 3.8) is 0 Å². The molecule has 0 spiro atoms. The number of hydrogen-bond donors (Lipinski definition) is 1. The lowest BCUT2D eigenvalue weighted by atomic mass is 10.1. The molecule has 0 aliphatic heterocycles. The van der Waals surface area contributed by atoms with Crippen LogP contribution >= 0.6 is 15.9 Å². The van der Waals surface area contributed by atoms with Gasteiger partial charge in [-0.15, -0.1) is 0 Å². The van der Waals surface area contributed by atoms with Gasteiger partial charge in [0.1, 0.15) is 11.5 Å². The fraction of sp³-hybridized carbons (Fsp3) is 0.312. The van der Waals surface area contributed by atoms with Gasteiger partial charge in [0.05, 0.1) is 30.9 Å². The van der Waals surface area contributed by atoms with Crippen molar-refractivity contribution in [1.82, 2.24) is 4.98 Å². The predicted octanol–water partition coefficient (Wildman–Crippen LogP) is 4.09. The smallest absolute Gasteiger partial charge is 0.133 e. The van der Waals surface area contributed by atoms with Crippen molar-refractivity contribution in [1.29, 1.82) is 0 Å². The molecule has 1 aromatic carbocycles. The first kappa shape index (κ1) is 15.6. The van der Waals surface area contributed by atoms with Crippen LogP contribution in [0, 0.1) is 13.8 Å². The maximum atomic E-state index is 5.43. The Morgan fingerprint density at radius 3 is 2.57 bits per heavy atom. The van der Waals surface area contributed by atoms with Crippen molar-refractivity contribution in [2.24, 2.45) is 0 Å². The summed E-state index contributed by atoms with van der Waals surface area (Å²) in [6, 6.07) is 5.88. The van der Waals surface area contributed by atoms with E-state index in [0.29, 0.717) is 6.54 Å². The Bertz CT molecular complexity index is 644. The number of methoxy groups -OCH3 is 2. The van der Waals surface area contributed by atoms with Crippen LogP contribution in [0.3, 0.4) is 0 Å². The zero-order chi connectivity index (χ0) is 15.4. The summed E-state index contributed by atoms with van der Waals surface area (Å²) in [4.78, 5) is 4.48. The summed E-state index contributed by atoms with van der Waals surface area (Å²) < 4.78 is 11.6. The third kappa shape index (κ3) is 3.47. The second-order valence-corrected chi connectivity index (χ2v) is 5.60. The van der Waals surface area contributed by atoms with Crippen LogP contribution in [0.1, 0.15) is 16.8 Å². The van der Waals surface area contributed by atoms with Crippen molar-refractivity contribution in [2.45, 2.75) is 20.4 Å². The molecular weight excluding hydrogens is 332 g/mol. The third-order valence-corrected chi connectivity index (χ3v) is 3.98. The number of nitrogens with zero attached hydrogens (tertiary/aromatic N) is 1. The van der Waals surface area contributed by atoms with Crippen LogP contribution in [0.2, 0.25) is 0 Å². The Morgan fingerprint density at radius 1 is 1.19 bits per heavy atom. The molecule has 0 saturated carbocycles. The highest BCUT2D eigenvalue weighted by Crippen LogP contribution is 2.28. The van der Waals surface area contributed by atoms with Crippen molar-refractivity contribution in [2.75, 3.05) is 19.5 Å². The van der Waals surface area contributed by atoms with E-state index in [1.165, 1.54) is 0 Å².